The third-order valence-electron chi connectivity index (χ3n) is 4.19. The highest BCUT2D eigenvalue weighted by Crippen LogP contribution is 2.58. The van der Waals surface area contributed by atoms with E-state index in [1.165, 1.54) is 0 Å². The molecule has 0 spiro atoms. The molecule has 0 aliphatic heterocycles. The first-order valence-corrected chi connectivity index (χ1v) is 7.67. The van der Waals surface area contributed by atoms with Crippen LogP contribution in [0.15, 0.2) is 0 Å². The topological polar surface area (TPSA) is 51.2 Å². The summed E-state index contributed by atoms with van der Waals surface area (Å²) in [5, 5.41) is 0. The fourth-order valence-electron chi connectivity index (χ4n) is 3.45. The van der Waals surface area contributed by atoms with Crippen LogP contribution in [0.5, 0.6) is 0 Å². The van der Waals surface area contributed by atoms with Gasteiger partial charge >= 0.3 is 0 Å². The van der Waals surface area contributed by atoms with Gasteiger partial charge in [0.15, 0.2) is 0 Å². The maximum Gasteiger partial charge on any atom is 0.233 e. The van der Waals surface area contributed by atoms with Crippen molar-refractivity contribution in [2.45, 2.75) is 26.7 Å². The van der Waals surface area contributed by atoms with Crippen molar-refractivity contribution in [2.75, 3.05) is 5.75 Å². The van der Waals surface area contributed by atoms with E-state index in [9.17, 15) is 13.2 Å². The summed E-state index contributed by atoms with van der Waals surface area (Å²) in [7, 11) is 1.67. The number of hydrogen-bond donors (Lipinski definition) is 0. The van der Waals surface area contributed by atoms with Crippen molar-refractivity contribution in [3.63, 3.8) is 0 Å². The van der Waals surface area contributed by atoms with Crippen molar-refractivity contribution in [3.8, 4) is 0 Å². The van der Waals surface area contributed by atoms with Gasteiger partial charge < -0.3 is 0 Å². The van der Waals surface area contributed by atoms with Crippen LogP contribution in [0.25, 0.3) is 0 Å². The maximum absolute atomic E-state index is 11.9. The molecule has 0 heterocycles. The molecule has 2 fully saturated rings. The molecule has 0 radical (unpaired) electrons. The van der Waals surface area contributed by atoms with E-state index in [1.807, 2.05) is 0 Å². The van der Waals surface area contributed by atoms with E-state index in [1.54, 1.807) is 0 Å². The Balaban J connectivity index is 2.27. The summed E-state index contributed by atoms with van der Waals surface area (Å²) in [6.07, 6.45) is 1.87. The lowest BCUT2D eigenvalue weighted by Crippen LogP contribution is -2.27. The van der Waals surface area contributed by atoms with Gasteiger partial charge in [-0.25, -0.2) is 8.42 Å². The van der Waals surface area contributed by atoms with Crippen LogP contribution >= 0.6 is 10.7 Å². The number of rotatable bonds is 2. The van der Waals surface area contributed by atoms with Crippen molar-refractivity contribution in [2.24, 2.45) is 23.2 Å². The Hall–Kier alpha value is -0.0900. The molecule has 86 valence electrons. The van der Waals surface area contributed by atoms with E-state index in [-0.39, 0.29) is 34.7 Å². The molecule has 0 aromatic carbocycles. The molecule has 0 saturated heterocycles. The lowest BCUT2D eigenvalue weighted by Gasteiger charge is -2.24. The van der Waals surface area contributed by atoms with E-state index < -0.39 is 9.05 Å². The van der Waals surface area contributed by atoms with Crippen LogP contribution in [0.2, 0.25) is 0 Å². The highest BCUT2D eigenvalue weighted by Gasteiger charge is 2.59. The molecule has 0 amide bonds. The Labute approximate surface area is 94.6 Å². The average molecular weight is 251 g/mol. The molecule has 0 aromatic rings. The van der Waals surface area contributed by atoms with Crippen LogP contribution < -0.4 is 0 Å². The smallest absolute Gasteiger partial charge is 0.233 e. The lowest BCUT2D eigenvalue weighted by atomic mass is 9.80. The molecule has 15 heavy (non-hydrogen) atoms. The first-order valence-electron chi connectivity index (χ1n) is 5.19. The summed E-state index contributed by atoms with van der Waals surface area (Å²) in [4.78, 5) is 11.9. The molecule has 0 aromatic heterocycles. The molecule has 1 unspecified atom stereocenters. The minimum absolute atomic E-state index is 0.0384. The molecule has 3 atom stereocenters. The van der Waals surface area contributed by atoms with Gasteiger partial charge in [-0.2, -0.15) is 0 Å². The van der Waals surface area contributed by atoms with Crippen LogP contribution in [0.4, 0.5) is 0 Å². The maximum atomic E-state index is 11.9. The number of hydrogen-bond acceptors (Lipinski definition) is 3. The largest absolute Gasteiger partial charge is 0.299 e. The van der Waals surface area contributed by atoms with Crippen LogP contribution in [-0.2, 0) is 13.8 Å². The van der Waals surface area contributed by atoms with E-state index in [0.29, 0.717) is 0 Å². The highest BCUT2D eigenvalue weighted by molar-refractivity contribution is 8.13. The zero-order valence-corrected chi connectivity index (χ0v) is 10.4. The predicted octanol–water partition coefficient (Wildman–Crippen LogP) is 1.81. The number of carbonyl (C=O) groups is 1. The molecule has 2 saturated carbocycles. The minimum atomic E-state index is -3.56. The lowest BCUT2D eigenvalue weighted by molar-refractivity contribution is -0.125. The average Bonchev–Trinajstić information content (AvgIpc) is 2.40. The number of Topliss-reactive ketones (excluding diaryl/α,β-unsaturated/α-hetero) is 1. The van der Waals surface area contributed by atoms with Crippen LogP contribution in [0.3, 0.4) is 0 Å². The molecule has 2 aliphatic rings. The summed E-state index contributed by atoms with van der Waals surface area (Å²) >= 11 is 0. The molecule has 2 rings (SSSR count). The molecule has 3 nitrogen and oxygen atoms in total. The molecule has 0 N–H and O–H groups in total. The van der Waals surface area contributed by atoms with Gasteiger partial charge in [0.2, 0.25) is 9.05 Å². The third-order valence-corrected chi connectivity index (χ3v) is 5.33. The van der Waals surface area contributed by atoms with Crippen LogP contribution in [-0.4, -0.2) is 20.0 Å². The van der Waals surface area contributed by atoms with Gasteiger partial charge in [-0.1, -0.05) is 13.8 Å². The second-order valence-electron chi connectivity index (χ2n) is 5.27. The molecule has 5 heteroatoms. The van der Waals surface area contributed by atoms with E-state index >= 15 is 0 Å². The number of fused-ring (bicyclic) bond motifs is 2. The summed E-state index contributed by atoms with van der Waals surface area (Å²) in [6.45, 7) is 4.13. The van der Waals surface area contributed by atoms with E-state index in [4.69, 9.17) is 10.7 Å². The van der Waals surface area contributed by atoms with Crippen molar-refractivity contribution in [3.05, 3.63) is 0 Å². The minimum Gasteiger partial charge on any atom is -0.299 e. The summed E-state index contributed by atoms with van der Waals surface area (Å²) < 4.78 is 22.1. The monoisotopic (exact) mass is 250 g/mol. The van der Waals surface area contributed by atoms with E-state index in [0.717, 1.165) is 12.8 Å². The number of ketones is 1. The van der Waals surface area contributed by atoms with Crippen molar-refractivity contribution < 1.29 is 13.2 Å². The van der Waals surface area contributed by atoms with Gasteiger partial charge in [-0.05, 0) is 24.2 Å². The summed E-state index contributed by atoms with van der Waals surface area (Å²) in [6, 6.07) is 0. The Morgan fingerprint density at radius 3 is 2.40 bits per heavy atom. The Morgan fingerprint density at radius 1 is 1.40 bits per heavy atom. The van der Waals surface area contributed by atoms with Gasteiger partial charge in [0.25, 0.3) is 0 Å². The summed E-state index contributed by atoms with van der Waals surface area (Å²) in [5.41, 5.74) is -0.0384. The predicted molar refractivity (Wildman–Crippen MR) is 58.1 cm³/mol. The fraction of sp³-hybridized carbons (Fsp3) is 0.900. The molecular weight excluding hydrogens is 236 g/mol. The first kappa shape index (κ1) is 11.4. The molecular formula is C10H15ClO3S. The fourth-order valence-corrected chi connectivity index (χ4v) is 4.68. The SMILES string of the molecule is CC1(C)[C@@H]2CC[C@H]1C(=O)C2CS(=O)(=O)Cl. The molecule has 2 bridgehead atoms. The van der Waals surface area contributed by atoms with Crippen molar-refractivity contribution in [1.82, 2.24) is 0 Å². The Kier molecular flexibility index (Phi) is 2.43. The van der Waals surface area contributed by atoms with Gasteiger partial charge in [0.1, 0.15) is 5.78 Å². The van der Waals surface area contributed by atoms with E-state index in [2.05, 4.69) is 13.8 Å². The first-order chi connectivity index (χ1) is 6.73. The number of carbonyl (C=O) groups excluding carboxylic acids is 1. The quantitative estimate of drug-likeness (QED) is 0.703. The van der Waals surface area contributed by atoms with Gasteiger partial charge in [0, 0.05) is 22.5 Å². The normalized spacial score (nSPS) is 38.6. The van der Waals surface area contributed by atoms with Crippen LogP contribution in [0.1, 0.15) is 26.7 Å². The second-order valence-corrected chi connectivity index (χ2v) is 8.09. The Morgan fingerprint density at radius 2 is 2.00 bits per heavy atom. The summed E-state index contributed by atoms with van der Waals surface area (Å²) in [5.74, 6) is -0.186. The van der Waals surface area contributed by atoms with Crippen molar-refractivity contribution in [1.29, 1.82) is 0 Å². The zero-order chi connectivity index (χ0) is 11.4. The Bertz CT molecular complexity index is 399. The highest BCUT2D eigenvalue weighted by atomic mass is 35.7. The van der Waals surface area contributed by atoms with Gasteiger partial charge in [0.05, 0.1) is 5.75 Å². The van der Waals surface area contributed by atoms with Gasteiger partial charge in [-0.3, -0.25) is 4.79 Å². The van der Waals surface area contributed by atoms with Gasteiger partial charge in [-0.15, -0.1) is 0 Å². The molecule has 2 aliphatic carbocycles. The zero-order valence-electron chi connectivity index (χ0n) is 8.86. The van der Waals surface area contributed by atoms with Crippen molar-refractivity contribution >= 4 is 25.5 Å². The second kappa shape index (κ2) is 3.20. The number of halogens is 1. The standard InChI is InChI=1S/C10H15ClO3S/c1-10(2)7-3-4-8(10)9(12)6(7)5-15(11,13)14/h6-8H,3-5H2,1-2H3/t6?,7-,8+/m1/s1. The van der Waals surface area contributed by atoms with Crippen LogP contribution in [0, 0.1) is 23.2 Å². The third kappa shape index (κ3) is 1.72.